The summed E-state index contributed by atoms with van der Waals surface area (Å²) in [6.45, 7) is -1.39. The molecule has 8 heteroatoms. The zero-order chi connectivity index (χ0) is 17.7. The smallest absolute Gasteiger partial charge is 0.405 e. The molecule has 0 atom stereocenters. The van der Waals surface area contributed by atoms with E-state index in [0.717, 1.165) is 0 Å². The fraction of sp³-hybridized carbons (Fsp3) is 0.125. The van der Waals surface area contributed by atoms with E-state index in [2.05, 4.69) is 0 Å². The van der Waals surface area contributed by atoms with Crippen LogP contribution in [0.3, 0.4) is 0 Å². The Hall–Kier alpha value is -3.03. The summed E-state index contributed by atoms with van der Waals surface area (Å²) in [6, 6.07) is 11.7. The highest BCUT2D eigenvalue weighted by atomic mass is 19.4. The van der Waals surface area contributed by atoms with Gasteiger partial charge in [-0.2, -0.15) is 13.2 Å². The van der Waals surface area contributed by atoms with Crippen molar-refractivity contribution in [2.24, 2.45) is 5.73 Å². The lowest BCUT2D eigenvalue weighted by molar-refractivity contribution is -0.123. The van der Waals surface area contributed by atoms with Crippen molar-refractivity contribution in [2.45, 2.75) is 6.18 Å². The maximum absolute atomic E-state index is 12.1. The third kappa shape index (κ3) is 5.01. The third-order valence-corrected chi connectivity index (χ3v) is 2.94. The van der Waals surface area contributed by atoms with Crippen molar-refractivity contribution >= 4 is 11.8 Å². The predicted molar refractivity (Wildman–Crippen MR) is 79.9 cm³/mol. The summed E-state index contributed by atoms with van der Waals surface area (Å²) in [6.07, 6.45) is -4.46. The molecule has 0 aliphatic heterocycles. The fourth-order valence-corrected chi connectivity index (χ4v) is 1.78. The summed E-state index contributed by atoms with van der Waals surface area (Å²) in [5, 5.41) is 1.78. The van der Waals surface area contributed by atoms with Gasteiger partial charge in [0.15, 0.2) is 0 Å². The number of nitrogens with one attached hydrogen (secondary N) is 1. The molecule has 2 rings (SSSR count). The van der Waals surface area contributed by atoms with Crippen molar-refractivity contribution in [1.29, 1.82) is 0 Å². The Morgan fingerprint density at radius 1 is 0.917 bits per heavy atom. The highest BCUT2D eigenvalue weighted by Crippen LogP contribution is 2.22. The van der Waals surface area contributed by atoms with Gasteiger partial charge in [-0.3, -0.25) is 9.59 Å². The zero-order valence-electron chi connectivity index (χ0n) is 12.3. The number of primary amides is 1. The lowest BCUT2D eigenvalue weighted by atomic mass is 10.2. The summed E-state index contributed by atoms with van der Waals surface area (Å²) < 4.78 is 41.7. The molecule has 0 radical (unpaired) electrons. The maximum Gasteiger partial charge on any atom is 0.405 e. The second-order valence-electron chi connectivity index (χ2n) is 4.81. The van der Waals surface area contributed by atoms with Gasteiger partial charge >= 0.3 is 6.18 Å². The first-order valence-electron chi connectivity index (χ1n) is 6.77. The van der Waals surface area contributed by atoms with Crippen LogP contribution in [0.2, 0.25) is 0 Å². The molecule has 0 heterocycles. The van der Waals surface area contributed by atoms with Crippen molar-refractivity contribution in [3.8, 4) is 11.5 Å². The predicted octanol–water partition coefficient (Wildman–Crippen LogP) is 2.87. The van der Waals surface area contributed by atoms with Crippen LogP contribution >= 0.6 is 0 Å². The number of alkyl halides is 3. The Morgan fingerprint density at radius 2 is 1.38 bits per heavy atom. The molecule has 0 aliphatic carbocycles. The molecule has 0 spiro atoms. The average molecular weight is 338 g/mol. The van der Waals surface area contributed by atoms with Crippen molar-refractivity contribution in [1.82, 2.24) is 5.32 Å². The van der Waals surface area contributed by atoms with Crippen LogP contribution in [0.1, 0.15) is 20.7 Å². The molecule has 2 amide bonds. The SMILES string of the molecule is NC(=O)c1ccc(Oc2ccc(C(=O)NCC(F)(F)F)cc2)cc1. The van der Waals surface area contributed by atoms with Gasteiger partial charge in [-0.25, -0.2) is 0 Å². The fourth-order valence-electron chi connectivity index (χ4n) is 1.78. The minimum atomic E-state index is -4.46. The maximum atomic E-state index is 12.1. The van der Waals surface area contributed by atoms with Gasteiger partial charge in [0.25, 0.3) is 5.91 Å². The molecule has 0 fully saturated rings. The van der Waals surface area contributed by atoms with Crippen LogP contribution in [-0.4, -0.2) is 24.5 Å². The quantitative estimate of drug-likeness (QED) is 0.879. The summed E-state index contributed by atoms with van der Waals surface area (Å²) >= 11 is 0. The molecule has 3 N–H and O–H groups in total. The number of ether oxygens (including phenoxy) is 1. The van der Waals surface area contributed by atoms with Gasteiger partial charge in [-0.1, -0.05) is 0 Å². The minimum absolute atomic E-state index is 0.0793. The summed E-state index contributed by atoms with van der Waals surface area (Å²) in [5.41, 5.74) is 5.54. The number of hydrogen-bond acceptors (Lipinski definition) is 3. The molecule has 0 aromatic heterocycles. The van der Waals surface area contributed by atoms with E-state index >= 15 is 0 Å². The Morgan fingerprint density at radius 3 is 1.79 bits per heavy atom. The number of halogens is 3. The largest absolute Gasteiger partial charge is 0.457 e. The number of carbonyl (C=O) groups is 2. The third-order valence-electron chi connectivity index (χ3n) is 2.94. The van der Waals surface area contributed by atoms with E-state index in [1.54, 1.807) is 17.4 Å². The van der Waals surface area contributed by atoms with Crippen LogP contribution in [-0.2, 0) is 0 Å². The molecule has 0 saturated carbocycles. The van der Waals surface area contributed by atoms with E-state index in [1.165, 1.54) is 36.4 Å². The van der Waals surface area contributed by atoms with Crippen LogP contribution in [0.25, 0.3) is 0 Å². The van der Waals surface area contributed by atoms with Crippen LogP contribution in [0.15, 0.2) is 48.5 Å². The van der Waals surface area contributed by atoms with Gasteiger partial charge in [0.2, 0.25) is 5.91 Å². The number of hydrogen-bond donors (Lipinski definition) is 2. The number of nitrogens with two attached hydrogens (primary N) is 1. The molecule has 2 aromatic rings. The molecular weight excluding hydrogens is 325 g/mol. The number of carbonyl (C=O) groups excluding carboxylic acids is 2. The molecule has 0 unspecified atom stereocenters. The van der Waals surface area contributed by atoms with Crippen molar-refractivity contribution in [3.63, 3.8) is 0 Å². The Kier molecular flexibility index (Phi) is 5.08. The summed E-state index contributed by atoms with van der Waals surface area (Å²) in [5.74, 6) is -0.566. The normalized spacial score (nSPS) is 11.0. The van der Waals surface area contributed by atoms with Crippen molar-refractivity contribution < 1.29 is 27.5 Å². The topological polar surface area (TPSA) is 81.4 Å². The van der Waals surface area contributed by atoms with E-state index in [0.29, 0.717) is 17.1 Å². The van der Waals surface area contributed by atoms with E-state index in [-0.39, 0.29) is 5.56 Å². The van der Waals surface area contributed by atoms with Crippen molar-refractivity contribution in [3.05, 3.63) is 59.7 Å². The van der Waals surface area contributed by atoms with Crippen LogP contribution in [0, 0.1) is 0 Å². The van der Waals surface area contributed by atoms with Crippen LogP contribution in [0.4, 0.5) is 13.2 Å². The zero-order valence-corrected chi connectivity index (χ0v) is 12.3. The van der Waals surface area contributed by atoms with Gasteiger partial charge in [0.1, 0.15) is 18.0 Å². The molecular formula is C16H13F3N2O3. The van der Waals surface area contributed by atoms with Gasteiger partial charge in [0.05, 0.1) is 0 Å². The number of benzene rings is 2. The second-order valence-corrected chi connectivity index (χ2v) is 4.81. The average Bonchev–Trinajstić information content (AvgIpc) is 2.53. The summed E-state index contributed by atoms with van der Waals surface area (Å²) in [7, 11) is 0. The monoisotopic (exact) mass is 338 g/mol. The Bertz CT molecular complexity index is 726. The molecule has 5 nitrogen and oxygen atoms in total. The van der Waals surface area contributed by atoms with E-state index in [1.807, 2.05) is 0 Å². The molecule has 0 aliphatic rings. The highest BCUT2D eigenvalue weighted by Gasteiger charge is 2.27. The first kappa shape index (κ1) is 17.3. The van der Waals surface area contributed by atoms with Crippen molar-refractivity contribution in [2.75, 3.05) is 6.54 Å². The van der Waals surface area contributed by atoms with Gasteiger partial charge in [-0.15, -0.1) is 0 Å². The Labute approximate surface area is 135 Å². The van der Waals surface area contributed by atoms with Gasteiger partial charge in [-0.05, 0) is 48.5 Å². The Balaban J connectivity index is 1.99. The number of amides is 2. The standard InChI is InChI=1S/C16H13F3N2O3/c17-16(18,19)9-21-15(23)11-3-7-13(8-4-11)24-12-5-1-10(2-6-12)14(20)22/h1-8H,9H2,(H2,20,22)(H,21,23). The molecule has 0 saturated heterocycles. The molecule has 126 valence electrons. The highest BCUT2D eigenvalue weighted by molar-refractivity contribution is 5.94. The first-order chi connectivity index (χ1) is 11.2. The van der Waals surface area contributed by atoms with Crippen LogP contribution < -0.4 is 15.8 Å². The number of rotatable bonds is 5. The summed E-state index contributed by atoms with van der Waals surface area (Å²) in [4.78, 5) is 22.5. The van der Waals surface area contributed by atoms with Gasteiger partial charge < -0.3 is 15.8 Å². The van der Waals surface area contributed by atoms with E-state index in [9.17, 15) is 22.8 Å². The molecule has 2 aromatic carbocycles. The van der Waals surface area contributed by atoms with Crippen LogP contribution in [0.5, 0.6) is 11.5 Å². The van der Waals surface area contributed by atoms with E-state index < -0.39 is 24.5 Å². The molecule has 24 heavy (non-hydrogen) atoms. The minimum Gasteiger partial charge on any atom is -0.457 e. The lowest BCUT2D eigenvalue weighted by Gasteiger charge is -2.09. The van der Waals surface area contributed by atoms with Gasteiger partial charge in [0, 0.05) is 11.1 Å². The second kappa shape index (κ2) is 7.03. The molecule has 0 bridgehead atoms. The lowest BCUT2D eigenvalue weighted by Crippen LogP contribution is -2.33. The van der Waals surface area contributed by atoms with E-state index in [4.69, 9.17) is 10.5 Å². The first-order valence-corrected chi connectivity index (χ1v) is 6.77.